The first-order valence-corrected chi connectivity index (χ1v) is 6.72. The molecule has 0 heterocycles. The van der Waals surface area contributed by atoms with Gasteiger partial charge in [0.05, 0.1) is 5.54 Å². The molecular formula is C13H27N3O. The van der Waals surface area contributed by atoms with Gasteiger partial charge in [0.15, 0.2) is 0 Å². The molecule has 1 saturated carbocycles. The molecule has 1 rings (SSSR count). The number of rotatable bonds is 5. The van der Waals surface area contributed by atoms with Gasteiger partial charge >= 0.3 is 0 Å². The van der Waals surface area contributed by atoms with Crippen molar-refractivity contribution >= 4 is 5.91 Å². The summed E-state index contributed by atoms with van der Waals surface area (Å²) in [6.07, 6.45) is 8.55. The molecule has 0 spiro atoms. The summed E-state index contributed by atoms with van der Waals surface area (Å²) in [6, 6.07) is 0.654. The Labute approximate surface area is 105 Å². The Kier molecular flexibility index (Phi) is 5.40. The number of amides is 1. The predicted molar refractivity (Wildman–Crippen MR) is 70.5 cm³/mol. The van der Waals surface area contributed by atoms with Crippen molar-refractivity contribution in [2.24, 2.45) is 11.5 Å². The number of nitrogens with two attached hydrogens (primary N) is 2. The third-order valence-corrected chi connectivity index (χ3v) is 3.99. The first-order chi connectivity index (χ1) is 7.93. The van der Waals surface area contributed by atoms with Gasteiger partial charge < -0.3 is 16.4 Å². The van der Waals surface area contributed by atoms with E-state index in [1.165, 1.54) is 38.5 Å². The first kappa shape index (κ1) is 14.5. The van der Waals surface area contributed by atoms with Gasteiger partial charge in [-0.25, -0.2) is 0 Å². The van der Waals surface area contributed by atoms with E-state index in [2.05, 4.69) is 11.9 Å². The van der Waals surface area contributed by atoms with Crippen LogP contribution in [-0.4, -0.2) is 36.0 Å². The Bertz CT molecular complexity index is 245. The molecule has 1 fully saturated rings. The molecule has 1 aliphatic rings. The molecule has 0 aromatic carbocycles. The van der Waals surface area contributed by atoms with Crippen LogP contribution in [0.2, 0.25) is 0 Å². The van der Waals surface area contributed by atoms with E-state index in [9.17, 15) is 4.79 Å². The normalized spacial score (nSPS) is 22.1. The van der Waals surface area contributed by atoms with Crippen molar-refractivity contribution < 1.29 is 4.79 Å². The van der Waals surface area contributed by atoms with Crippen LogP contribution in [0.4, 0.5) is 0 Å². The van der Waals surface area contributed by atoms with Gasteiger partial charge in [-0.2, -0.15) is 0 Å². The van der Waals surface area contributed by atoms with Gasteiger partial charge in [0, 0.05) is 12.6 Å². The lowest BCUT2D eigenvalue weighted by molar-refractivity contribution is -0.122. The summed E-state index contributed by atoms with van der Waals surface area (Å²) in [4.78, 5) is 13.5. The average molecular weight is 241 g/mol. The van der Waals surface area contributed by atoms with Crippen LogP contribution >= 0.6 is 0 Å². The molecule has 1 aliphatic carbocycles. The molecule has 1 unspecified atom stereocenters. The van der Waals surface area contributed by atoms with E-state index in [1.54, 1.807) is 6.92 Å². The summed E-state index contributed by atoms with van der Waals surface area (Å²) in [5.41, 5.74) is 10.3. The van der Waals surface area contributed by atoms with Gasteiger partial charge in [-0.1, -0.05) is 25.7 Å². The molecule has 4 N–H and O–H groups in total. The molecule has 1 atom stereocenters. The molecule has 0 aromatic rings. The van der Waals surface area contributed by atoms with Crippen LogP contribution in [0.3, 0.4) is 0 Å². The standard InChI is InChI=1S/C13H27N3O/c1-13(15,12(14)17)9-10-16(2)11-7-5-3-4-6-8-11/h11H,3-10,15H2,1-2H3,(H2,14,17). The maximum Gasteiger partial charge on any atom is 0.237 e. The number of primary amides is 1. The summed E-state index contributed by atoms with van der Waals surface area (Å²) in [5, 5.41) is 0. The van der Waals surface area contributed by atoms with Gasteiger partial charge in [-0.05, 0) is 33.2 Å². The molecule has 0 aliphatic heterocycles. The van der Waals surface area contributed by atoms with Gasteiger partial charge in [0.1, 0.15) is 0 Å². The zero-order chi connectivity index (χ0) is 12.9. The van der Waals surface area contributed by atoms with Gasteiger partial charge in [0.25, 0.3) is 0 Å². The Balaban J connectivity index is 2.37. The Morgan fingerprint density at radius 2 is 1.82 bits per heavy atom. The molecule has 0 saturated heterocycles. The van der Waals surface area contributed by atoms with Crippen molar-refractivity contribution in [1.29, 1.82) is 0 Å². The molecule has 1 amide bonds. The average Bonchev–Trinajstić information content (AvgIpc) is 2.54. The number of nitrogens with zero attached hydrogens (tertiary/aromatic N) is 1. The van der Waals surface area contributed by atoms with Crippen LogP contribution < -0.4 is 11.5 Å². The van der Waals surface area contributed by atoms with Crippen molar-refractivity contribution in [2.45, 2.75) is 63.5 Å². The Hall–Kier alpha value is -0.610. The molecule has 0 bridgehead atoms. The molecule has 4 heteroatoms. The minimum absolute atomic E-state index is 0.410. The summed E-state index contributed by atoms with van der Waals surface area (Å²) in [7, 11) is 2.13. The van der Waals surface area contributed by atoms with E-state index in [1.807, 2.05) is 0 Å². The van der Waals surface area contributed by atoms with Crippen LogP contribution in [0.15, 0.2) is 0 Å². The van der Waals surface area contributed by atoms with Crippen LogP contribution in [0.1, 0.15) is 51.9 Å². The van der Waals surface area contributed by atoms with E-state index in [-0.39, 0.29) is 0 Å². The maximum atomic E-state index is 11.1. The molecule has 0 aromatic heterocycles. The van der Waals surface area contributed by atoms with Crippen molar-refractivity contribution in [1.82, 2.24) is 4.90 Å². The second-order valence-electron chi connectivity index (χ2n) is 5.66. The third kappa shape index (κ3) is 4.64. The molecule has 100 valence electrons. The number of hydrogen-bond donors (Lipinski definition) is 2. The van der Waals surface area contributed by atoms with Crippen LogP contribution in [0.25, 0.3) is 0 Å². The monoisotopic (exact) mass is 241 g/mol. The van der Waals surface area contributed by atoms with E-state index in [4.69, 9.17) is 11.5 Å². The SMILES string of the molecule is CN(CCC(C)(N)C(N)=O)C1CCCCCC1. The summed E-state index contributed by atoms with van der Waals surface area (Å²) in [6.45, 7) is 2.57. The molecule has 4 nitrogen and oxygen atoms in total. The van der Waals surface area contributed by atoms with Crippen molar-refractivity contribution in [3.63, 3.8) is 0 Å². The lowest BCUT2D eigenvalue weighted by atomic mass is 9.97. The highest BCUT2D eigenvalue weighted by atomic mass is 16.1. The lowest BCUT2D eigenvalue weighted by Gasteiger charge is -2.30. The number of carbonyl (C=O) groups is 1. The number of carbonyl (C=O) groups excluding carboxylic acids is 1. The van der Waals surface area contributed by atoms with Crippen molar-refractivity contribution in [2.75, 3.05) is 13.6 Å². The largest absolute Gasteiger partial charge is 0.368 e. The fourth-order valence-electron chi connectivity index (χ4n) is 2.41. The first-order valence-electron chi connectivity index (χ1n) is 6.72. The fraction of sp³-hybridized carbons (Fsp3) is 0.923. The van der Waals surface area contributed by atoms with E-state index in [0.717, 1.165) is 6.54 Å². The summed E-state index contributed by atoms with van der Waals surface area (Å²) >= 11 is 0. The highest BCUT2D eigenvalue weighted by Gasteiger charge is 2.27. The topological polar surface area (TPSA) is 72.3 Å². The van der Waals surface area contributed by atoms with Crippen LogP contribution in [-0.2, 0) is 4.79 Å². The second-order valence-corrected chi connectivity index (χ2v) is 5.66. The van der Waals surface area contributed by atoms with Crippen molar-refractivity contribution in [3.05, 3.63) is 0 Å². The van der Waals surface area contributed by atoms with Crippen LogP contribution in [0.5, 0.6) is 0 Å². The van der Waals surface area contributed by atoms with Gasteiger partial charge in [0.2, 0.25) is 5.91 Å². The van der Waals surface area contributed by atoms with E-state index in [0.29, 0.717) is 12.5 Å². The second kappa shape index (κ2) is 6.36. The van der Waals surface area contributed by atoms with Gasteiger partial charge in [-0.3, -0.25) is 4.79 Å². The number of hydrogen-bond acceptors (Lipinski definition) is 3. The van der Waals surface area contributed by atoms with Crippen molar-refractivity contribution in [3.8, 4) is 0 Å². The lowest BCUT2D eigenvalue weighted by Crippen LogP contribution is -2.51. The third-order valence-electron chi connectivity index (χ3n) is 3.99. The van der Waals surface area contributed by atoms with E-state index >= 15 is 0 Å². The predicted octanol–water partition coefficient (Wildman–Crippen LogP) is 1.23. The molecular weight excluding hydrogens is 214 g/mol. The fourth-order valence-corrected chi connectivity index (χ4v) is 2.41. The highest BCUT2D eigenvalue weighted by molar-refractivity contribution is 5.83. The zero-order valence-corrected chi connectivity index (χ0v) is 11.2. The molecule has 0 radical (unpaired) electrons. The Morgan fingerprint density at radius 3 is 2.29 bits per heavy atom. The summed E-state index contributed by atoms with van der Waals surface area (Å²) < 4.78 is 0. The minimum atomic E-state index is -0.876. The quantitative estimate of drug-likeness (QED) is 0.711. The molecule has 17 heavy (non-hydrogen) atoms. The zero-order valence-electron chi connectivity index (χ0n) is 11.2. The Morgan fingerprint density at radius 1 is 1.29 bits per heavy atom. The highest BCUT2D eigenvalue weighted by Crippen LogP contribution is 2.21. The van der Waals surface area contributed by atoms with E-state index < -0.39 is 11.4 Å². The van der Waals surface area contributed by atoms with Crippen LogP contribution in [0, 0.1) is 0 Å². The van der Waals surface area contributed by atoms with Gasteiger partial charge in [-0.15, -0.1) is 0 Å². The minimum Gasteiger partial charge on any atom is -0.368 e. The smallest absolute Gasteiger partial charge is 0.237 e. The maximum absolute atomic E-state index is 11.1. The summed E-state index contributed by atoms with van der Waals surface area (Å²) in [5.74, 6) is -0.410.